The highest BCUT2D eigenvalue weighted by Gasteiger charge is 2.57. The van der Waals surface area contributed by atoms with Crippen molar-refractivity contribution < 1.29 is 31.1 Å². The molecule has 0 radical (unpaired) electrons. The standard InChI is InChI=1S/C13H18F5NO2/c1-11(2,3)19-6-9-4-5-10(21-9)7-20-8-12(14,15)13(16,17)18/h4-5,19H,6-8H2,1-3H3. The van der Waals surface area contributed by atoms with Crippen LogP contribution >= 0.6 is 0 Å². The number of hydrogen-bond donors (Lipinski definition) is 1. The zero-order chi connectivity index (χ0) is 16.3. The molecule has 0 amide bonds. The van der Waals surface area contributed by atoms with Gasteiger partial charge in [-0.1, -0.05) is 0 Å². The Labute approximate surface area is 119 Å². The van der Waals surface area contributed by atoms with Crippen molar-refractivity contribution in [3.05, 3.63) is 23.7 Å². The van der Waals surface area contributed by atoms with Gasteiger partial charge in [0.2, 0.25) is 0 Å². The lowest BCUT2D eigenvalue weighted by Gasteiger charge is -2.19. The highest BCUT2D eigenvalue weighted by atomic mass is 19.4. The number of hydrogen-bond acceptors (Lipinski definition) is 3. The third-order valence-corrected chi connectivity index (χ3v) is 2.45. The number of rotatable bonds is 6. The van der Waals surface area contributed by atoms with Crippen LogP contribution < -0.4 is 5.32 Å². The van der Waals surface area contributed by atoms with Gasteiger partial charge in [0.1, 0.15) is 24.7 Å². The fourth-order valence-corrected chi connectivity index (χ4v) is 1.31. The molecule has 1 N–H and O–H groups in total. The summed E-state index contributed by atoms with van der Waals surface area (Å²) in [5.74, 6) is -4.12. The Morgan fingerprint density at radius 3 is 2.14 bits per heavy atom. The summed E-state index contributed by atoms with van der Waals surface area (Å²) in [6, 6.07) is 3.09. The van der Waals surface area contributed by atoms with Gasteiger partial charge in [0.25, 0.3) is 0 Å². The zero-order valence-electron chi connectivity index (χ0n) is 12.0. The van der Waals surface area contributed by atoms with Gasteiger partial charge in [-0.2, -0.15) is 22.0 Å². The molecule has 1 rings (SSSR count). The van der Waals surface area contributed by atoms with Crippen LogP contribution in [0, 0.1) is 0 Å². The highest BCUT2D eigenvalue weighted by Crippen LogP contribution is 2.35. The van der Waals surface area contributed by atoms with Crippen molar-refractivity contribution in [1.29, 1.82) is 0 Å². The molecule has 0 atom stereocenters. The summed E-state index contributed by atoms with van der Waals surface area (Å²) in [5, 5.41) is 3.15. The van der Waals surface area contributed by atoms with Gasteiger partial charge in [-0.05, 0) is 32.9 Å². The van der Waals surface area contributed by atoms with Crippen molar-refractivity contribution >= 4 is 0 Å². The predicted octanol–water partition coefficient (Wildman–Crippen LogP) is 3.88. The van der Waals surface area contributed by atoms with Crippen molar-refractivity contribution in [2.24, 2.45) is 0 Å². The molecule has 1 aromatic heterocycles. The van der Waals surface area contributed by atoms with E-state index in [1.54, 1.807) is 6.07 Å². The topological polar surface area (TPSA) is 34.4 Å². The fourth-order valence-electron chi connectivity index (χ4n) is 1.31. The summed E-state index contributed by atoms with van der Waals surface area (Å²) in [7, 11) is 0. The monoisotopic (exact) mass is 315 g/mol. The average molecular weight is 315 g/mol. The van der Waals surface area contributed by atoms with Gasteiger partial charge in [-0.15, -0.1) is 0 Å². The summed E-state index contributed by atoms with van der Waals surface area (Å²) < 4.78 is 70.6. The maximum absolute atomic E-state index is 12.6. The molecule has 21 heavy (non-hydrogen) atoms. The zero-order valence-corrected chi connectivity index (χ0v) is 12.0. The van der Waals surface area contributed by atoms with Crippen molar-refractivity contribution in [2.45, 2.75) is 51.6 Å². The Balaban J connectivity index is 2.42. The minimum Gasteiger partial charge on any atom is -0.462 e. The molecule has 3 nitrogen and oxygen atoms in total. The van der Waals surface area contributed by atoms with E-state index in [0.717, 1.165) is 0 Å². The van der Waals surface area contributed by atoms with Crippen molar-refractivity contribution in [1.82, 2.24) is 5.32 Å². The number of alkyl halides is 5. The van der Waals surface area contributed by atoms with E-state index in [2.05, 4.69) is 10.1 Å². The molecular weight excluding hydrogens is 297 g/mol. The molecule has 0 spiro atoms. The smallest absolute Gasteiger partial charge is 0.455 e. The molecule has 122 valence electrons. The molecule has 0 aliphatic heterocycles. The second kappa shape index (κ2) is 6.31. The van der Waals surface area contributed by atoms with Crippen molar-refractivity contribution in [2.75, 3.05) is 6.61 Å². The molecule has 0 unspecified atom stereocenters. The second-order valence-electron chi connectivity index (χ2n) is 5.67. The first-order chi connectivity index (χ1) is 9.41. The minimum atomic E-state index is -5.61. The number of furan rings is 1. The van der Waals surface area contributed by atoms with E-state index >= 15 is 0 Å². The Kier molecular flexibility index (Phi) is 5.38. The molecule has 0 saturated carbocycles. The Morgan fingerprint density at radius 2 is 1.62 bits per heavy atom. The maximum atomic E-state index is 12.6. The van der Waals surface area contributed by atoms with E-state index < -0.39 is 25.3 Å². The average Bonchev–Trinajstić information content (AvgIpc) is 2.71. The quantitative estimate of drug-likeness (QED) is 0.809. The summed E-state index contributed by atoms with van der Waals surface area (Å²) in [6.45, 7) is 4.12. The number of ether oxygens (including phenoxy) is 1. The molecule has 0 fully saturated rings. The molecular formula is C13H18F5NO2. The van der Waals surface area contributed by atoms with Gasteiger partial charge in [-0.25, -0.2) is 0 Å². The molecule has 0 saturated heterocycles. The van der Waals surface area contributed by atoms with Crippen molar-refractivity contribution in [3.8, 4) is 0 Å². The summed E-state index contributed by atoms with van der Waals surface area (Å²) in [5.41, 5.74) is -0.127. The minimum absolute atomic E-state index is 0.127. The molecule has 0 aromatic carbocycles. The van der Waals surface area contributed by atoms with E-state index in [-0.39, 0.29) is 11.3 Å². The SMILES string of the molecule is CC(C)(C)NCc1ccc(COCC(F)(F)C(F)(F)F)o1. The van der Waals surface area contributed by atoms with Gasteiger partial charge in [-0.3, -0.25) is 0 Å². The molecule has 1 aromatic rings. The third-order valence-electron chi connectivity index (χ3n) is 2.45. The van der Waals surface area contributed by atoms with Crippen LogP contribution in [0.2, 0.25) is 0 Å². The lowest BCUT2D eigenvalue weighted by molar-refractivity contribution is -0.297. The normalized spacial score (nSPS) is 13.7. The molecule has 1 heterocycles. The van der Waals surface area contributed by atoms with Gasteiger partial charge < -0.3 is 14.5 Å². The van der Waals surface area contributed by atoms with Crippen LogP contribution in [0.1, 0.15) is 32.3 Å². The molecule has 0 aliphatic rings. The lowest BCUT2D eigenvalue weighted by Crippen LogP contribution is -2.40. The largest absolute Gasteiger partial charge is 0.462 e. The van der Waals surface area contributed by atoms with Crippen LogP contribution in [0.5, 0.6) is 0 Å². The maximum Gasteiger partial charge on any atom is 0.455 e. The van der Waals surface area contributed by atoms with Crippen LogP contribution in [0.4, 0.5) is 22.0 Å². The van der Waals surface area contributed by atoms with E-state index in [4.69, 9.17) is 4.42 Å². The summed E-state index contributed by atoms with van der Waals surface area (Å²) >= 11 is 0. The van der Waals surface area contributed by atoms with Crippen LogP contribution in [0.3, 0.4) is 0 Å². The van der Waals surface area contributed by atoms with E-state index in [1.165, 1.54) is 6.07 Å². The van der Waals surface area contributed by atoms with E-state index in [9.17, 15) is 22.0 Å². The van der Waals surface area contributed by atoms with E-state index in [0.29, 0.717) is 12.3 Å². The Hall–Kier alpha value is -1.15. The fraction of sp³-hybridized carbons (Fsp3) is 0.692. The van der Waals surface area contributed by atoms with Crippen molar-refractivity contribution in [3.63, 3.8) is 0 Å². The van der Waals surface area contributed by atoms with Gasteiger partial charge in [0.05, 0.1) is 6.54 Å². The second-order valence-corrected chi connectivity index (χ2v) is 5.67. The first kappa shape index (κ1) is 17.9. The molecule has 0 aliphatic carbocycles. The summed E-state index contributed by atoms with van der Waals surface area (Å²) in [6.07, 6.45) is -5.61. The first-order valence-electron chi connectivity index (χ1n) is 6.26. The molecule has 8 heteroatoms. The third kappa shape index (κ3) is 6.01. The number of nitrogens with one attached hydrogen (secondary N) is 1. The van der Waals surface area contributed by atoms with Crippen LogP contribution in [0.25, 0.3) is 0 Å². The Bertz CT molecular complexity index is 448. The van der Waals surface area contributed by atoms with Crippen LogP contribution in [-0.2, 0) is 17.9 Å². The highest BCUT2D eigenvalue weighted by molar-refractivity contribution is 5.06. The first-order valence-corrected chi connectivity index (χ1v) is 6.26. The number of halogens is 5. The van der Waals surface area contributed by atoms with E-state index in [1.807, 2.05) is 20.8 Å². The van der Waals surface area contributed by atoms with Crippen LogP contribution in [0.15, 0.2) is 16.5 Å². The van der Waals surface area contributed by atoms with Gasteiger partial charge in [0.15, 0.2) is 0 Å². The lowest BCUT2D eigenvalue weighted by atomic mass is 10.1. The summed E-state index contributed by atoms with van der Waals surface area (Å²) in [4.78, 5) is 0. The Morgan fingerprint density at radius 1 is 1.05 bits per heavy atom. The van der Waals surface area contributed by atoms with Crippen LogP contribution in [-0.4, -0.2) is 24.2 Å². The van der Waals surface area contributed by atoms with Gasteiger partial charge >= 0.3 is 12.1 Å². The predicted molar refractivity (Wildman–Crippen MR) is 66.0 cm³/mol. The van der Waals surface area contributed by atoms with Gasteiger partial charge in [0, 0.05) is 5.54 Å². The molecule has 0 bridgehead atoms.